The van der Waals surface area contributed by atoms with E-state index < -0.39 is 0 Å². The van der Waals surface area contributed by atoms with Gasteiger partial charge in [0.1, 0.15) is 11.6 Å². The van der Waals surface area contributed by atoms with Crippen LogP contribution in [0.15, 0.2) is 18.2 Å². The van der Waals surface area contributed by atoms with Gasteiger partial charge < -0.3 is 10.4 Å². The fourth-order valence-electron chi connectivity index (χ4n) is 2.44. The van der Waals surface area contributed by atoms with Gasteiger partial charge in [-0.1, -0.05) is 0 Å². The van der Waals surface area contributed by atoms with Gasteiger partial charge in [-0.2, -0.15) is 0 Å². The van der Waals surface area contributed by atoms with Crippen LogP contribution in [0.1, 0.15) is 25.3 Å². The largest absolute Gasteiger partial charge is 0.508 e. The molecule has 0 spiro atoms. The standard InChI is InChI=1S/C14H21FN2O/c1-14(16-2)3-5-17(6-4-14)10-11-7-12(15)9-13(18)8-11/h7-9,16,18H,3-6,10H2,1-2H3. The lowest BCUT2D eigenvalue weighted by atomic mass is 9.90. The minimum atomic E-state index is -0.373. The molecule has 0 amide bonds. The average molecular weight is 252 g/mol. The molecule has 1 aromatic rings. The number of rotatable bonds is 3. The summed E-state index contributed by atoms with van der Waals surface area (Å²) in [6.45, 7) is 4.92. The molecule has 0 bridgehead atoms. The number of phenolic OH excluding ortho intramolecular Hbond substituents is 1. The third-order valence-electron chi connectivity index (χ3n) is 3.91. The van der Waals surface area contributed by atoms with Crippen LogP contribution in [0.5, 0.6) is 5.75 Å². The third kappa shape index (κ3) is 3.21. The molecule has 1 heterocycles. The van der Waals surface area contributed by atoms with Crippen molar-refractivity contribution in [3.8, 4) is 5.75 Å². The Kier molecular flexibility index (Phi) is 3.88. The zero-order valence-corrected chi connectivity index (χ0v) is 11.0. The van der Waals surface area contributed by atoms with Gasteiger partial charge in [-0.05, 0) is 44.5 Å². The van der Waals surface area contributed by atoms with E-state index in [1.165, 1.54) is 6.07 Å². The predicted molar refractivity (Wildman–Crippen MR) is 70.0 cm³/mol. The van der Waals surface area contributed by atoms with Crippen molar-refractivity contribution in [3.63, 3.8) is 0 Å². The molecule has 100 valence electrons. The highest BCUT2D eigenvalue weighted by Crippen LogP contribution is 2.23. The Balaban J connectivity index is 1.95. The molecule has 0 aromatic heterocycles. The van der Waals surface area contributed by atoms with E-state index in [2.05, 4.69) is 17.1 Å². The molecule has 1 saturated heterocycles. The molecule has 1 fully saturated rings. The molecule has 3 nitrogen and oxygen atoms in total. The Morgan fingerprint density at radius 1 is 1.33 bits per heavy atom. The number of benzene rings is 1. The van der Waals surface area contributed by atoms with Crippen molar-refractivity contribution >= 4 is 0 Å². The number of nitrogens with zero attached hydrogens (tertiary/aromatic N) is 1. The normalized spacial score (nSPS) is 19.9. The number of phenols is 1. The van der Waals surface area contributed by atoms with Crippen molar-refractivity contribution in [2.45, 2.75) is 31.8 Å². The molecule has 0 aliphatic carbocycles. The van der Waals surface area contributed by atoms with Gasteiger partial charge in [0.05, 0.1) is 0 Å². The second-order valence-corrected chi connectivity index (χ2v) is 5.40. The van der Waals surface area contributed by atoms with Gasteiger partial charge in [-0.15, -0.1) is 0 Å². The maximum Gasteiger partial charge on any atom is 0.127 e. The molecular weight excluding hydrogens is 231 g/mol. The van der Waals surface area contributed by atoms with Crippen LogP contribution >= 0.6 is 0 Å². The van der Waals surface area contributed by atoms with E-state index in [1.54, 1.807) is 6.07 Å². The van der Waals surface area contributed by atoms with E-state index in [1.807, 2.05) is 7.05 Å². The highest BCUT2D eigenvalue weighted by Gasteiger charge is 2.28. The average Bonchev–Trinajstić information content (AvgIpc) is 2.31. The first kappa shape index (κ1) is 13.3. The van der Waals surface area contributed by atoms with Gasteiger partial charge in [0.2, 0.25) is 0 Å². The lowest BCUT2D eigenvalue weighted by molar-refractivity contribution is 0.146. The monoisotopic (exact) mass is 252 g/mol. The summed E-state index contributed by atoms with van der Waals surface area (Å²) in [6.07, 6.45) is 2.18. The van der Waals surface area contributed by atoms with Crippen LogP contribution in [0.4, 0.5) is 4.39 Å². The fraction of sp³-hybridized carbons (Fsp3) is 0.571. The van der Waals surface area contributed by atoms with Gasteiger partial charge in [0.15, 0.2) is 0 Å². The SMILES string of the molecule is CNC1(C)CCN(Cc2cc(O)cc(F)c2)CC1. The zero-order valence-electron chi connectivity index (χ0n) is 11.0. The zero-order chi connectivity index (χ0) is 13.2. The molecule has 1 aliphatic heterocycles. The van der Waals surface area contributed by atoms with E-state index in [9.17, 15) is 9.50 Å². The summed E-state index contributed by atoms with van der Waals surface area (Å²) in [5, 5.41) is 12.7. The van der Waals surface area contributed by atoms with Crippen molar-refractivity contribution in [1.82, 2.24) is 10.2 Å². The fourth-order valence-corrected chi connectivity index (χ4v) is 2.44. The number of aromatic hydroxyl groups is 1. The van der Waals surface area contributed by atoms with Crippen LogP contribution in [0.3, 0.4) is 0 Å². The molecule has 0 unspecified atom stereocenters. The predicted octanol–water partition coefficient (Wildman–Crippen LogP) is 2.11. The van der Waals surface area contributed by atoms with Crippen LogP contribution in [-0.4, -0.2) is 35.7 Å². The molecule has 0 atom stereocenters. The van der Waals surface area contributed by atoms with E-state index in [4.69, 9.17) is 0 Å². The number of hydrogen-bond acceptors (Lipinski definition) is 3. The lowest BCUT2D eigenvalue weighted by Crippen LogP contribution is -2.49. The molecule has 4 heteroatoms. The molecule has 0 radical (unpaired) electrons. The van der Waals surface area contributed by atoms with E-state index in [-0.39, 0.29) is 17.1 Å². The first-order chi connectivity index (χ1) is 8.50. The summed E-state index contributed by atoms with van der Waals surface area (Å²) >= 11 is 0. The lowest BCUT2D eigenvalue weighted by Gasteiger charge is -2.39. The van der Waals surface area contributed by atoms with Gasteiger partial charge in [0, 0.05) is 31.2 Å². The Hall–Kier alpha value is -1.13. The number of hydrogen-bond donors (Lipinski definition) is 2. The molecule has 0 saturated carbocycles. The number of likely N-dealkylation sites (tertiary alicyclic amines) is 1. The summed E-state index contributed by atoms with van der Waals surface area (Å²) in [4.78, 5) is 2.30. The maximum absolute atomic E-state index is 13.2. The first-order valence-electron chi connectivity index (χ1n) is 6.40. The molecule has 1 aromatic carbocycles. The Morgan fingerprint density at radius 3 is 2.56 bits per heavy atom. The number of halogens is 1. The van der Waals surface area contributed by atoms with Crippen LogP contribution in [-0.2, 0) is 6.54 Å². The summed E-state index contributed by atoms with van der Waals surface area (Å²) in [5.74, 6) is -0.371. The van der Waals surface area contributed by atoms with E-state index in [0.717, 1.165) is 37.6 Å². The minimum Gasteiger partial charge on any atom is -0.508 e. The summed E-state index contributed by atoms with van der Waals surface area (Å²) in [5.41, 5.74) is 1.06. The molecular formula is C14H21FN2O. The second-order valence-electron chi connectivity index (χ2n) is 5.40. The maximum atomic E-state index is 13.2. The van der Waals surface area contributed by atoms with Crippen molar-refractivity contribution in [3.05, 3.63) is 29.6 Å². The van der Waals surface area contributed by atoms with Gasteiger partial charge in [0.25, 0.3) is 0 Å². The van der Waals surface area contributed by atoms with Crippen molar-refractivity contribution < 1.29 is 9.50 Å². The second kappa shape index (κ2) is 5.24. The van der Waals surface area contributed by atoms with Crippen molar-refractivity contribution in [1.29, 1.82) is 0 Å². The molecule has 2 N–H and O–H groups in total. The quantitative estimate of drug-likeness (QED) is 0.865. The number of nitrogens with one attached hydrogen (secondary N) is 1. The van der Waals surface area contributed by atoms with Crippen molar-refractivity contribution in [2.75, 3.05) is 20.1 Å². The van der Waals surface area contributed by atoms with Gasteiger partial charge in [-0.25, -0.2) is 4.39 Å². The van der Waals surface area contributed by atoms with Crippen LogP contribution in [0, 0.1) is 5.82 Å². The van der Waals surface area contributed by atoms with Gasteiger partial charge >= 0.3 is 0 Å². The molecule has 2 rings (SSSR count). The summed E-state index contributed by atoms with van der Waals surface area (Å²) in [6, 6.07) is 4.26. The third-order valence-corrected chi connectivity index (χ3v) is 3.91. The van der Waals surface area contributed by atoms with Gasteiger partial charge in [-0.3, -0.25) is 4.90 Å². The Morgan fingerprint density at radius 2 is 2.00 bits per heavy atom. The molecule has 1 aliphatic rings. The summed E-state index contributed by atoms with van der Waals surface area (Å²) in [7, 11) is 2.00. The van der Waals surface area contributed by atoms with Crippen LogP contribution in [0.2, 0.25) is 0 Å². The minimum absolute atomic E-state index is 0.00192. The van der Waals surface area contributed by atoms with Crippen LogP contribution < -0.4 is 5.32 Å². The van der Waals surface area contributed by atoms with E-state index >= 15 is 0 Å². The van der Waals surface area contributed by atoms with Crippen LogP contribution in [0.25, 0.3) is 0 Å². The Labute approximate surface area is 108 Å². The molecule has 18 heavy (non-hydrogen) atoms. The highest BCUT2D eigenvalue weighted by atomic mass is 19.1. The summed E-state index contributed by atoms with van der Waals surface area (Å²) < 4.78 is 13.2. The Bertz CT molecular complexity index is 394. The smallest absolute Gasteiger partial charge is 0.127 e. The number of piperidine rings is 1. The van der Waals surface area contributed by atoms with E-state index in [0.29, 0.717) is 6.54 Å². The first-order valence-corrected chi connectivity index (χ1v) is 6.40. The topological polar surface area (TPSA) is 35.5 Å². The van der Waals surface area contributed by atoms with Crippen molar-refractivity contribution in [2.24, 2.45) is 0 Å². The highest BCUT2D eigenvalue weighted by molar-refractivity contribution is 5.28.